The maximum Gasteiger partial charge on any atom is 0.273 e. The lowest BCUT2D eigenvalue weighted by Crippen LogP contribution is -2.39. The summed E-state index contributed by atoms with van der Waals surface area (Å²) < 4.78 is 0. The van der Waals surface area contributed by atoms with Crippen LogP contribution in [0.4, 0.5) is 5.69 Å². The fraction of sp³-hybridized carbons (Fsp3) is 0.350. The van der Waals surface area contributed by atoms with Crippen LogP contribution in [-0.2, 0) is 0 Å². The molecule has 2 aromatic heterocycles. The molecule has 6 heteroatoms. The first-order valence-electron chi connectivity index (χ1n) is 9.02. The van der Waals surface area contributed by atoms with Gasteiger partial charge in [-0.2, -0.15) is 0 Å². The lowest BCUT2D eigenvalue weighted by atomic mass is 10.0. The highest BCUT2D eigenvalue weighted by Crippen LogP contribution is 2.31. The molecule has 0 saturated carbocycles. The van der Waals surface area contributed by atoms with Gasteiger partial charge in [0.2, 0.25) is 0 Å². The van der Waals surface area contributed by atoms with Gasteiger partial charge in [0, 0.05) is 44.1 Å². The molecule has 0 bridgehead atoms. The molecule has 1 fully saturated rings. The molecule has 1 atom stereocenters. The Labute approximate surface area is 152 Å². The zero-order valence-electron chi connectivity index (χ0n) is 15.1. The highest BCUT2D eigenvalue weighted by Gasteiger charge is 2.31. The van der Waals surface area contributed by atoms with Gasteiger partial charge in [0.25, 0.3) is 5.91 Å². The smallest absolute Gasteiger partial charge is 0.273 e. The van der Waals surface area contributed by atoms with Crippen molar-refractivity contribution in [3.63, 3.8) is 0 Å². The largest absolute Gasteiger partial charge is 0.377 e. The van der Waals surface area contributed by atoms with Crippen molar-refractivity contribution >= 4 is 22.5 Å². The number of amides is 1. The summed E-state index contributed by atoms with van der Waals surface area (Å²) in [4.78, 5) is 29.5. The number of hydrogen-bond donors (Lipinski definition) is 1. The number of likely N-dealkylation sites (tertiary alicyclic amines) is 1. The van der Waals surface area contributed by atoms with Crippen LogP contribution in [0.1, 0.15) is 41.6 Å². The summed E-state index contributed by atoms with van der Waals surface area (Å²) in [5, 5.41) is 1.05. The molecule has 26 heavy (non-hydrogen) atoms. The summed E-state index contributed by atoms with van der Waals surface area (Å²) in [6, 6.07) is 9.84. The molecule has 3 heterocycles. The predicted molar refractivity (Wildman–Crippen MR) is 102 cm³/mol. The van der Waals surface area contributed by atoms with Gasteiger partial charge in [0.1, 0.15) is 11.5 Å². The Morgan fingerprint density at radius 1 is 1.27 bits per heavy atom. The highest BCUT2D eigenvalue weighted by molar-refractivity contribution is 6.00. The highest BCUT2D eigenvalue weighted by atomic mass is 16.2. The van der Waals surface area contributed by atoms with Crippen molar-refractivity contribution in [3.8, 4) is 0 Å². The molecule has 0 unspecified atom stereocenters. The van der Waals surface area contributed by atoms with Crippen LogP contribution in [0, 0.1) is 0 Å². The van der Waals surface area contributed by atoms with E-state index in [1.54, 1.807) is 6.20 Å². The van der Waals surface area contributed by atoms with Crippen molar-refractivity contribution in [1.29, 1.82) is 0 Å². The molecule has 1 N–H and O–H groups in total. The normalized spacial score (nSPS) is 17.5. The number of H-pyrrole nitrogens is 1. The first-order valence-corrected chi connectivity index (χ1v) is 9.02. The number of para-hydroxylation sites is 1. The standard InChI is InChI=1S/C20H23N5O/c1-24(2)18-13-16(23-15-8-4-3-7-14(15)18)20(26)25-12-6-5-9-17(25)19-21-10-11-22-19/h3-4,7-8,10-11,13,17H,5-6,9,12H2,1-2H3,(H,21,22)/t17-/m0/s1. The monoisotopic (exact) mass is 349 g/mol. The van der Waals surface area contributed by atoms with Crippen molar-refractivity contribution in [2.24, 2.45) is 0 Å². The van der Waals surface area contributed by atoms with Crippen molar-refractivity contribution in [2.75, 3.05) is 25.5 Å². The molecule has 1 aliphatic rings. The van der Waals surface area contributed by atoms with Crippen LogP contribution in [0.3, 0.4) is 0 Å². The first kappa shape index (κ1) is 16.6. The summed E-state index contributed by atoms with van der Waals surface area (Å²) in [7, 11) is 3.98. The van der Waals surface area contributed by atoms with Gasteiger partial charge in [-0.1, -0.05) is 18.2 Å². The van der Waals surface area contributed by atoms with Gasteiger partial charge in [-0.15, -0.1) is 0 Å². The van der Waals surface area contributed by atoms with Gasteiger partial charge in [0.05, 0.1) is 11.6 Å². The first-order chi connectivity index (χ1) is 12.6. The van der Waals surface area contributed by atoms with Crippen LogP contribution in [0.25, 0.3) is 10.9 Å². The lowest BCUT2D eigenvalue weighted by Gasteiger charge is -2.34. The van der Waals surface area contributed by atoms with E-state index < -0.39 is 0 Å². The molecule has 1 aliphatic heterocycles. The number of anilines is 1. The summed E-state index contributed by atoms with van der Waals surface area (Å²) in [6.07, 6.45) is 6.59. The second-order valence-corrected chi connectivity index (χ2v) is 6.92. The topological polar surface area (TPSA) is 65.1 Å². The second kappa shape index (κ2) is 6.78. The minimum absolute atomic E-state index is 0.0117. The molecule has 1 amide bonds. The number of aromatic amines is 1. The van der Waals surface area contributed by atoms with E-state index in [1.165, 1.54) is 0 Å². The number of benzene rings is 1. The number of nitrogens with one attached hydrogen (secondary N) is 1. The number of fused-ring (bicyclic) bond motifs is 1. The Morgan fingerprint density at radius 3 is 2.88 bits per heavy atom. The van der Waals surface area contributed by atoms with Gasteiger partial charge < -0.3 is 14.8 Å². The molecule has 3 aromatic rings. The molecule has 1 saturated heterocycles. The van der Waals surface area contributed by atoms with Crippen LogP contribution in [0.15, 0.2) is 42.7 Å². The maximum atomic E-state index is 13.3. The van der Waals surface area contributed by atoms with E-state index in [1.807, 2.05) is 60.4 Å². The van der Waals surface area contributed by atoms with Gasteiger partial charge in [-0.05, 0) is 31.4 Å². The molecule has 1 aromatic carbocycles. The fourth-order valence-corrected chi connectivity index (χ4v) is 3.70. The lowest BCUT2D eigenvalue weighted by molar-refractivity contribution is 0.0595. The number of piperidine rings is 1. The summed E-state index contributed by atoms with van der Waals surface area (Å²) >= 11 is 0. The number of nitrogens with zero attached hydrogens (tertiary/aromatic N) is 4. The SMILES string of the molecule is CN(C)c1cc(C(=O)N2CCCC[C@H]2c2ncc[nH]2)nc2ccccc12. The molecular formula is C20H23N5O. The third-order valence-electron chi connectivity index (χ3n) is 4.99. The van der Waals surface area contributed by atoms with E-state index in [0.717, 1.165) is 48.2 Å². The van der Waals surface area contributed by atoms with Gasteiger partial charge in [-0.3, -0.25) is 4.79 Å². The van der Waals surface area contributed by atoms with E-state index in [-0.39, 0.29) is 11.9 Å². The minimum Gasteiger partial charge on any atom is -0.377 e. The molecule has 0 aliphatic carbocycles. The summed E-state index contributed by atoms with van der Waals surface area (Å²) in [5.74, 6) is 0.826. The average Bonchev–Trinajstić information content (AvgIpc) is 3.21. The molecule has 134 valence electrons. The van der Waals surface area contributed by atoms with Crippen LogP contribution < -0.4 is 4.90 Å². The molecule has 0 spiro atoms. The third kappa shape index (κ3) is 2.92. The fourth-order valence-electron chi connectivity index (χ4n) is 3.70. The Bertz CT molecular complexity index is 919. The molecular weight excluding hydrogens is 326 g/mol. The number of rotatable bonds is 3. The number of carbonyl (C=O) groups excluding carboxylic acids is 1. The Morgan fingerprint density at radius 2 is 2.12 bits per heavy atom. The third-order valence-corrected chi connectivity index (χ3v) is 4.99. The second-order valence-electron chi connectivity index (χ2n) is 6.92. The molecule has 6 nitrogen and oxygen atoms in total. The number of pyridine rings is 1. The quantitative estimate of drug-likeness (QED) is 0.787. The van der Waals surface area contributed by atoms with Gasteiger partial charge >= 0.3 is 0 Å². The Kier molecular flexibility index (Phi) is 4.32. The average molecular weight is 349 g/mol. The Hall–Kier alpha value is -2.89. The van der Waals surface area contributed by atoms with E-state index in [4.69, 9.17) is 0 Å². The van der Waals surface area contributed by atoms with Gasteiger partial charge in [-0.25, -0.2) is 9.97 Å². The van der Waals surface area contributed by atoms with Crippen molar-refractivity contribution in [3.05, 3.63) is 54.2 Å². The van der Waals surface area contributed by atoms with Crippen LogP contribution >= 0.6 is 0 Å². The summed E-state index contributed by atoms with van der Waals surface area (Å²) in [5.41, 5.74) is 2.34. The van der Waals surface area contributed by atoms with E-state index in [2.05, 4.69) is 15.0 Å². The predicted octanol–water partition coefficient (Wildman–Crippen LogP) is 3.39. The van der Waals surface area contributed by atoms with Gasteiger partial charge in [0.15, 0.2) is 0 Å². The number of imidazole rings is 1. The van der Waals surface area contributed by atoms with Crippen LogP contribution in [-0.4, -0.2) is 46.4 Å². The minimum atomic E-state index is -0.0278. The van der Waals surface area contributed by atoms with E-state index >= 15 is 0 Å². The Balaban J connectivity index is 1.75. The van der Waals surface area contributed by atoms with Crippen molar-refractivity contribution < 1.29 is 4.79 Å². The van der Waals surface area contributed by atoms with Crippen molar-refractivity contribution in [2.45, 2.75) is 25.3 Å². The van der Waals surface area contributed by atoms with E-state index in [9.17, 15) is 4.79 Å². The number of aromatic nitrogens is 3. The number of carbonyl (C=O) groups is 1. The van der Waals surface area contributed by atoms with Crippen LogP contribution in [0.5, 0.6) is 0 Å². The molecule has 4 rings (SSSR count). The zero-order valence-corrected chi connectivity index (χ0v) is 15.1. The summed E-state index contributed by atoms with van der Waals surface area (Å²) in [6.45, 7) is 0.732. The maximum absolute atomic E-state index is 13.3. The van der Waals surface area contributed by atoms with Crippen molar-refractivity contribution in [1.82, 2.24) is 19.9 Å². The molecule has 0 radical (unpaired) electrons. The van der Waals surface area contributed by atoms with Crippen LogP contribution in [0.2, 0.25) is 0 Å². The van der Waals surface area contributed by atoms with E-state index in [0.29, 0.717) is 5.69 Å². The number of hydrogen-bond acceptors (Lipinski definition) is 4. The zero-order chi connectivity index (χ0) is 18.1.